The topological polar surface area (TPSA) is 50.2 Å². The Kier molecular flexibility index (Phi) is 4.49. The molecule has 0 aliphatic rings. The fourth-order valence-corrected chi connectivity index (χ4v) is 1.66. The molecule has 0 aliphatic heterocycles. The van der Waals surface area contributed by atoms with Crippen LogP contribution in [-0.2, 0) is 0 Å². The first-order chi connectivity index (χ1) is 9.20. The number of carbonyl (C=O) groups is 1. The fraction of sp³-hybridized carbons (Fsp3) is 0.143. The highest BCUT2D eigenvalue weighted by Crippen LogP contribution is 2.33. The molecule has 20 heavy (non-hydrogen) atoms. The maximum absolute atomic E-state index is 12.9. The summed E-state index contributed by atoms with van der Waals surface area (Å²) < 4.78 is 38.6. The quantitative estimate of drug-likeness (QED) is 0.855. The Bertz CT molecular complexity index is 601. The first-order valence-corrected chi connectivity index (χ1v) is 5.49. The minimum absolute atomic E-state index is 0.107. The van der Waals surface area contributed by atoms with Gasteiger partial charge in [0.1, 0.15) is 0 Å². The molecule has 0 radical (unpaired) electrons. The van der Waals surface area contributed by atoms with Gasteiger partial charge < -0.3 is 5.11 Å². The van der Waals surface area contributed by atoms with Crippen molar-refractivity contribution in [2.45, 2.75) is 13.1 Å². The zero-order chi connectivity index (χ0) is 15.5. The third kappa shape index (κ3) is 3.34. The number of carboxylic acid groups (broad SMARTS) is 1. The molecule has 1 N–H and O–H groups in total. The molecule has 0 amide bonds. The third-order valence-electron chi connectivity index (χ3n) is 2.48. The molecule has 0 bridgehead atoms. The number of aromatic carboxylic acids is 1. The van der Waals surface area contributed by atoms with E-state index in [1.54, 1.807) is 0 Å². The van der Waals surface area contributed by atoms with Crippen LogP contribution in [-0.4, -0.2) is 22.2 Å². The highest BCUT2D eigenvalue weighted by molar-refractivity contribution is 5.89. The van der Waals surface area contributed by atoms with Crippen LogP contribution in [0.3, 0.4) is 0 Å². The smallest absolute Gasteiger partial charge is 0.417 e. The number of allylic oxidation sites excluding steroid dienone is 4. The van der Waals surface area contributed by atoms with Gasteiger partial charge in [0.05, 0.1) is 16.8 Å². The van der Waals surface area contributed by atoms with Crippen molar-refractivity contribution in [3.8, 4) is 0 Å². The molecule has 0 aliphatic carbocycles. The Hall–Kier alpha value is -2.37. The molecule has 1 aromatic rings. The lowest BCUT2D eigenvalue weighted by atomic mass is 10.0. The molecule has 1 heterocycles. The second-order valence-electron chi connectivity index (χ2n) is 3.92. The highest BCUT2D eigenvalue weighted by atomic mass is 19.4. The largest absolute Gasteiger partial charge is 0.478 e. The predicted octanol–water partition coefficient (Wildman–Crippen LogP) is 3.78. The van der Waals surface area contributed by atoms with Gasteiger partial charge in [-0.1, -0.05) is 25.3 Å². The van der Waals surface area contributed by atoms with Gasteiger partial charge in [0, 0.05) is 11.3 Å². The van der Waals surface area contributed by atoms with Crippen LogP contribution >= 0.6 is 0 Å². The number of rotatable bonds is 4. The van der Waals surface area contributed by atoms with Gasteiger partial charge >= 0.3 is 12.1 Å². The Balaban J connectivity index is 3.62. The van der Waals surface area contributed by atoms with Crippen molar-refractivity contribution in [1.29, 1.82) is 0 Å². The molecule has 0 unspecified atom stereocenters. The van der Waals surface area contributed by atoms with Crippen molar-refractivity contribution < 1.29 is 23.1 Å². The molecule has 0 atom stereocenters. The van der Waals surface area contributed by atoms with Crippen molar-refractivity contribution in [2.24, 2.45) is 0 Å². The average Bonchev–Trinajstić information content (AvgIpc) is 2.33. The van der Waals surface area contributed by atoms with E-state index in [1.807, 2.05) is 0 Å². The van der Waals surface area contributed by atoms with Gasteiger partial charge in [-0.15, -0.1) is 0 Å². The number of alkyl halides is 3. The first-order valence-electron chi connectivity index (χ1n) is 5.49. The van der Waals surface area contributed by atoms with Crippen LogP contribution in [0.15, 0.2) is 43.0 Å². The zero-order valence-electron chi connectivity index (χ0n) is 10.7. The fourth-order valence-electron chi connectivity index (χ4n) is 1.66. The monoisotopic (exact) mass is 283 g/mol. The minimum atomic E-state index is -4.62. The molecule has 0 fully saturated rings. The molecule has 106 valence electrons. The summed E-state index contributed by atoms with van der Waals surface area (Å²) in [7, 11) is 0. The summed E-state index contributed by atoms with van der Waals surface area (Å²) in [4.78, 5) is 14.9. The predicted molar refractivity (Wildman–Crippen MR) is 69.3 cm³/mol. The summed E-state index contributed by atoms with van der Waals surface area (Å²) in [6.45, 7) is 7.96. The molecule has 0 saturated heterocycles. The van der Waals surface area contributed by atoms with Gasteiger partial charge in [0.25, 0.3) is 0 Å². The lowest BCUT2D eigenvalue weighted by Gasteiger charge is -2.13. The molecule has 0 saturated carbocycles. The molecule has 0 aromatic carbocycles. The van der Waals surface area contributed by atoms with Crippen LogP contribution in [0.25, 0.3) is 5.57 Å². The number of nitrogens with zero attached hydrogens (tertiary/aromatic N) is 1. The van der Waals surface area contributed by atoms with Crippen molar-refractivity contribution in [1.82, 2.24) is 4.98 Å². The second-order valence-corrected chi connectivity index (χ2v) is 3.92. The molecular weight excluding hydrogens is 271 g/mol. The van der Waals surface area contributed by atoms with E-state index < -0.39 is 17.7 Å². The number of hydrogen-bond donors (Lipinski definition) is 1. The van der Waals surface area contributed by atoms with Gasteiger partial charge in [0.15, 0.2) is 0 Å². The summed E-state index contributed by atoms with van der Waals surface area (Å²) >= 11 is 0. The Morgan fingerprint density at radius 2 is 1.90 bits per heavy atom. The van der Waals surface area contributed by atoms with E-state index in [1.165, 1.54) is 13.0 Å². The molecule has 0 spiro atoms. The van der Waals surface area contributed by atoms with Crippen molar-refractivity contribution in [3.05, 3.63) is 60.0 Å². The molecule has 6 heteroatoms. The van der Waals surface area contributed by atoms with E-state index in [2.05, 4.69) is 18.1 Å². The van der Waals surface area contributed by atoms with Gasteiger partial charge in [-0.3, -0.25) is 4.98 Å². The van der Waals surface area contributed by atoms with Crippen LogP contribution in [0.4, 0.5) is 13.2 Å². The first kappa shape index (κ1) is 15.7. The van der Waals surface area contributed by atoms with E-state index in [-0.39, 0.29) is 16.8 Å². The van der Waals surface area contributed by atoms with Crippen LogP contribution in [0.2, 0.25) is 0 Å². The average molecular weight is 283 g/mol. The molecular formula is C14H12F3NO2. The Morgan fingerprint density at radius 1 is 1.30 bits per heavy atom. The summed E-state index contributed by atoms with van der Waals surface area (Å²) in [6.07, 6.45) is -2.99. The summed E-state index contributed by atoms with van der Waals surface area (Å²) in [5.41, 5.74) is -1.27. The normalized spacial score (nSPS) is 12.6. The maximum atomic E-state index is 12.9. The van der Waals surface area contributed by atoms with E-state index in [4.69, 9.17) is 5.11 Å². The number of carboxylic acids is 1. The second kappa shape index (κ2) is 5.73. The van der Waals surface area contributed by atoms with E-state index >= 15 is 0 Å². The number of aromatic nitrogens is 1. The summed E-state index contributed by atoms with van der Waals surface area (Å²) in [6, 6.07) is 2.34. The van der Waals surface area contributed by atoms with E-state index in [9.17, 15) is 18.0 Å². The lowest BCUT2D eigenvalue weighted by molar-refractivity contribution is -0.0875. The maximum Gasteiger partial charge on any atom is 0.417 e. The van der Waals surface area contributed by atoms with Crippen LogP contribution in [0, 0.1) is 6.92 Å². The molecule has 3 nitrogen and oxygen atoms in total. The van der Waals surface area contributed by atoms with Crippen molar-refractivity contribution >= 4 is 11.5 Å². The highest BCUT2D eigenvalue weighted by Gasteiger charge is 2.34. The number of hydrogen-bond acceptors (Lipinski definition) is 2. The van der Waals surface area contributed by atoms with Gasteiger partial charge in [0.2, 0.25) is 0 Å². The SMILES string of the molecule is C=C/C(=C(\C=C)C(F)(F)F)c1cc(C(=O)O)cc(C)n1. The third-order valence-corrected chi connectivity index (χ3v) is 2.48. The summed E-state index contributed by atoms with van der Waals surface area (Å²) in [5.74, 6) is -1.24. The number of aryl methyl sites for hydroxylation is 1. The van der Waals surface area contributed by atoms with E-state index in [0.717, 1.165) is 12.1 Å². The lowest BCUT2D eigenvalue weighted by Crippen LogP contribution is -2.12. The number of pyridine rings is 1. The van der Waals surface area contributed by atoms with Crippen molar-refractivity contribution in [3.63, 3.8) is 0 Å². The molecule has 1 aromatic heterocycles. The Labute approximate surface area is 113 Å². The van der Waals surface area contributed by atoms with Crippen LogP contribution in [0.1, 0.15) is 21.7 Å². The molecule has 1 rings (SSSR count). The van der Waals surface area contributed by atoms with Gasteiger partial charge in [-0.2, -0.15) is 13.2 Å². The minimum Gasteiger partial charge on any atom is -0.478 e. The van der Waals surface area contributed by atoms with E-state index in [0.29, 0.717) is 11.8 Å². The van der Waals surface area contributed by atoms with Gasteiger partial charge in [-0.25, -0.2) is 4.79 Å². The Morgan fingerprint density at radius 3 is 2.30 bits per heavy atom. The standard InChI is InChI=1S/C14H12F3NO2/c1-4-10(11(5-2)14(15,16)17)12-7-9(13(19)20)6-8(3)18-12/h4-7H,1-2H2,3H3,(H,19,20)/b11-10-. The van der Waals surface area contributed by atoms with Gasteiger partial charge in [-0.05, 0) is 19.1 Å². The van der Waals surface area contributed by atoms with Crippen LogP contribution < -0.4 is 0 Å². The van der Waals surface area contributed by atoms with Crippen molar-refractivity contribution in [2.75, 3.05) is 0 Å². The van der Waals surface area contributed by atoms with Crippen LogP contribution in [0.5, 0.6) is 0 Å². The zero-order valence-corrected chi connectivity index (χ0v) is 10.7. The number of halogens is 3. The summed E-state index contributed by atoms with van der Waals surface area (Å²) in [5, 5.41) is 8.93.